The molecule has 1 aromatic carbocycles. The third kappa shape index (κ3) is 4.66. The number of urea groups is 1. The number of hydrogen-bond donors (Lipinski definition) is 1. The molecule has 1 fully saturated rings. The van der Waals surface area contributed by atoms with Gasteiger partial charge in [-0.15, -0.1) is 11.3 Å². The normalized spacial score (nSPS) is 14.5. The second kappa shape index (κ2) is 9.16. The maximum Gasteiger partial charge on any atom is 0.321 e. The molecule has 2 aromatic heterocycles. The van der Waals surface area contributed by atoms with Crippen molar-refractivity contribution in [3.63, 3.8) is 0 Å². The molecule has 4 rings (SSSR count). The lowest BCUT2D eigenvalue weighted by atomic mass is 10.3. The molecule has 156 valence electrons. The topological polar surface area (TPSA) is 65.5 Å². The number of nitrogens with zero attached hydrogens (tertiary/aromatic N) is 3. The number of carbonyl (C=O) groups is 2. The van der Waals surface area contributed by atoms with E-state index >= 15 is 0 Å². The summed E-state index contributed by atoms with van der Waals surface area (Å²) >= 11 is 9.04. The lowest BCUT2D eigenvalue weighted by molar-refractivity contribution is 0.0766. The van der Waals surface area contributed by atoms with Gasteiger partial charge in [0.2, 0.25) is 0 Å². The van der Waals surface area contributed by atoms with Crippen molar-refractivity contribution in [2.75, 3.05) is 31.5 Å². The van der Waals surface area contributed by atoms with E-state index in [2.05, 4.69) is 10.3 Å². The summed E-state index contributed by atoms with van der Waals surface area (Å²) in [7, 11) is 0. The number of aryl methyl sites for hydroxylation is 1. The van der Waals surface area contributed by atoms with Gasteiger partial charge in [0, 0.05) is 47.8 Å². The molecule has 0 saturated carbocycles. The summed E-state index contributed by atoms with van der Waals surface area (Å²) in [5, 5.41) is 8.36. The van der Waals surface area contributed by atoms with E-state index in [0.29, 0.717) is 41.8 Å². The van der Waals surface area contributed by atoms with Gasteiger partial charge in [0.05, 0.1) is 5.69 Å². The lowest BCUT2D eigenvalue weighted by Crippen LogP contribution is -2.39. The van der Waals surface area contributed by atoms with Gasteiger partial charge in [-0.25, -0.2) is 9.78 Å². The number of thiazole rings is 1. The highest BCUT2D eigenvalue weighted by Crippen LogP contribution is 2.30. The Morgan fingerprint density at radius 2 is 1.93 bits per heavy atom. The maximum absolute atomic E-state index is 13.1. The Hall–Kier alpha value is -2.42. The number of hydrogen-bond acceptors (Lipinski definition) is 5. The zero-order chi connectivity index (χ0) is 21.1. The fourth-order valence-electron chi connectivity index (χ4n) is 3.34. The van der Waals surface area contributed by atoms with Crippen LogP contribution in [-0.2, 0) is 0 Å². The standard InChI is InChI=1S/C21H21ClN4O2S2/c1-14-18(30-19(23-14)15-6-11-29-13-15)20(27)25-7-3-8-26(10-9-25)21(28)24-17-5-2-4-16(22)12-17/h2,4-6,11-13H,3,7-10H2,1H3,(H,24,28). The Morgan fingerprint density at radius 1 is 1.13 bits per heavy atom. The molecule has 1 aliphatic heterocycles. The minimum absolute atomic E-state index is 0.0106. The Kier molecular flexibility index (Phi) is 6.36. The summed E-state index contributed by atoms with van der Waals surface area (Å²) in [4.78, 5) is 34.6. The van der Waals surface area contributed by atoms with E-state index in [-0.39, 0.29) is 11.9 Å². The molecule has 0 spiro atoms. The molecule has 30 heavy (non-hydrogen) atoms. The van der Waals surface area contributed by atoms with Crippen molar-refractivity contribution in [2.45, 2.75) is 13.3 Å². The molecule has 0 atom stereocenters. The van der Waals surface area contributed by atoms with Crippen LogP contribution in [0, 0.1) is 6.92 Å². The average Bonchev–Trinajstić information content (AvgIpc) is 3.31. The minimum atomic E-state index is -0.180. The van der Waals surface area contributed by atoms with Crippen LogP contribution in [0.4, 0.5) is 10.5 Å². The fraction of sp³-hybridized carbons (Fsp3) is 0.286. The van der Waals surface area contributed by atoms with Crippen molar-refractivity contribution < 1.29 is 9.59 Å². The highest BCUT2D eigenvalue weighted by atomic mass is 35.5. The van der Waals surface area contributed by atoms with Crippen LogP contribution in [0.1, 0.15) is 21.8 Å². The number of rotatable bonds is 3. The van der Waals surface area contributed by atoms with Crippen molar-refractivity contribution in [1.82, 2.24) is 14.8 Å². The van der Waals surface area contributed by atoms with Gasteiger partial charge in [0.25, 0.3) is 5.91 Å². The number of aromatic nitrogens is 1. The van der Waals surface area contributed by atoms with E-state index < -0.39 is 0 Å². The molecule has 3 amide bonds. The maximum atomic E-state index is 13.1. The van der Waals surface area contributed by atoms with Gasteiger partial charge in [-0.3, -0.25) is 4.79 Å². The van der Waals surface area contributed by atoms with Gasteiger partial charge in [0.15, 0.2) is 0 Å². The monoisotopic (exact) mass is 460 g/mol. The van der Waals surface area contributed by atoms with Crippen molar-refractivity contribution in [3.8, 4) is 10.6 Å². The predicted octanol–water partition coefficient (Wildman–Crippen LogP) is 5.21. The molecule has 3 aromatic rings. The van der Waals surface area contributed by atoms with Crippen LogP contribution in [-0.4, -0.2) is 52.9 Å². The highest BCUT2D eigenvalue weighted by molar-refractivity contribution is 7.17. The first kappa shape index (κ1) is 20.8. The average molecular weight is 461 g/mol. The first-order valence-corrected chi connectivity index (χ1v) is 11.8. The van der Waals surface area contributed by atoms with Crippen LogP contribution in [0.2, 0.25) is 5.02 Å². The third-order valence-corrected chi connectivity index (χ3v) is 7.02. The smallest absolute Gasteiger partial charge is 0.321 e. The predicted molar refractivity (Wildman–Crippen MR) is 123 cm³/mol. The zero-order valence-corrected chi connectivity index (χ0v) is 18.8. The minimum Gasteiger partial charge on any atom is -0.336 e. The van der Waals surface area contributed by atoms with E-state index in [1.807, 2.05) is 28.7 Å². The van der Waals surface area contributed by atoms with Gasteiger partial charge >= 0.3 is 6.03 Å². The number of amides is 3. The van der Waals surface area contributed by atoms with E-state index in [4.69, 9.17) is 11.6 Å². The summed E-state index contributed by atoms with van der Waals surface area (Å²) in [6.45, 7) is 4.06. The number of halogens is 1. The van der Waals surface area contributed by atoms with Crippen LogP contribution >= 0.6 is 34.3 Å². The summed E-state index contributed by atoms with van der Waals surface area (Å²) in [6, 6.07) is 8.90. The van der Waals surface area contributed by atoms with Crippen LogP contribution in [0.5, 0.6) is 0 Å². The molecule has 3 heterocycles. The lowest BCUT2D eigenvalue weighted by Gasteiger charge is -2.22. The van der Waals surface area contributed by atoms with Gasteiger partial charge in [0.1, 0.15) is 9.88 Å². The number of thiophene rings is 1. The molecule has 1 aliphatic rings. The molecule has 1 saturated heterocycles. The van der Waals surface area contributed by atoms with Crippen LogP contribution in [0.3, 0.4) is 0 Å². The number of benzene rings is 1. The Bertz CT molecular complexity index is 1050. The summed E-state index contributed by atoms with van der Waals surface area (Å²) in [6.07, 6.45) is 0.726. The second-order valence-corrected chi connectivity index (χ2v) is 9.23. The SMILES string of the molecule is Cc1nc(-c2ccsc2)sc1C(=O)N1CCCN(C(=O)Nc2cccc(Cl)c2)CC1. The van der Waals surface area contributed by atoms with E-state index in [9.17, 15) is 9.59 Å². The van der Waals surface area contributed by atoms with Crippen LogP contribution in [0.15, 0.2) is 41.1 Å². The number of carbonyl (C=O) groups excluding carboxylic acids is 2. The first-order valence-electron chi connectivity index (χ1n) is 9.62. The zero-order valence-electron chi connectivity index (χ0n) is 16.4. The number of nitrogens with one attached hydrogen (secondary N) is 1. The Balaban J connectivity index is 1.40. The van der Waals surface area contributed by atoms with E-state index in [0.717, 1.165) is 22.7 Å². The fourth-order valence-corrected chi connectivity index (χ4v) is 5.28. The summed E-state index contributed by atoms with van der Waals surface area (Å²) in [5.74, 6) is -0.0106. The Morgan fingerprint density at radius 3 is 2.70 bits per heavy atom. The highest BCUT2D eigenvalue weighted by Gasteiger charge is 2.26. The molecular weight excluding hydrogens is 440 g/mol. The molecule has 0 bridgehead atoms. The summed E-state index contributed by atoms with van der Waals surface area (Å²) < 4.78 is 0. The molecule has 0 radical (unpaired) electrons. The Labute approximate surface area is 188 Å². The van der Waals surface area contributed by atoms with Crippen molar-refractivity contribution in [2.24, 2.45) is 0 Å². The molecular formula is C21H21ClN4O2S2. The first-order chi connectivity index (χ1) is 14.5. The van der Waals surface area contributed by atoms with Crippen LogP contribution in [0.25, 0.3) is 10.6 Å². The van der Waals surface area contributed by atoms with Gasteiger partial charge in [-0.2, -0.15) is 11.3 Å². The second-order valence-electron chi connectivity index (χ2n) is 7.02. The van der Waals surface area contributed by atoms with Gasteiger partial charge in [-0.05, 0) is 43.0 Å². The molecule has 0 unspecified atom stereocenters. The third-order valence-electron chi connectivity index (χ3n) is 4.91. The quantitative estimate of drug-likeness (QED) is 0.583. The molecule has 1 N–H and O–H groups in total. The van der Waals surface area contributed by atoms with Crippen LogP contribution < -0.4 is 5.32 Å². The molecule has 0 aliphatic carbocycles. The molecule has 6 nitrogen and oxygen atoms in total. The molecule has 9 heteroatoms. The van der Waals surface area contributed by atoms with E-state index in [1.165, 1.54) is 11.3 Å². The largest absolute Gasteiger partial charge is 0.336 e. The van der Waals surface area contributed by atoms with Crippen molar-refractivity contribution in [3.05, 3.63) is 56.7 Å². The van der Waals surface area contributed by atoms with Crippen molar-refractivity contribution in [1.29, 1.82) is 0 Å². The number of anilines is 1. The van der Waals surface area contributed by atoms with Gasteiger partial charge < -0.3 is 15.1 Å². The summed E-state index contributed by atoms with van der Waals surface area (Å²) in [5.41, 5.74) is 2.46. The van der Waals surface area contributed by atoms with E-state index in [1.54, 1.807) is 40.5 Å². The van der Waals surface area contributed by atoms with Gasteiger partial charge in [-0.1, -0.05) is 17.7 Å². The van der Waals surface area contributed by atoms with Crippen molar-refractivity contribution >= 4 is 51.9 Å².